The Bertz CT molecular complexity index is 824. The zero-order valence-corrected chi connectivity index (χ0v) is 15.1. The van der Waals surface area contributed by atoms with Gasteiger partial charge in [0, 0.05) is 5.92 Å². The molecule has 0 saturated heterocycles. The molecule has 1 N–H and O–H groups in total. The molecule has 1 aromatic carbocycles. The number of carboxylic acid groups (broad SMARTS) is 1. The number of fused-ring (bicyclic) bond motifs is 1. The molecular formula is C22H24O3. The van der Waals surface area contributed by atoms with E-state index in [9.17, 15) is 14.7 Å². The number of carboxylic acids is 1. The van der Waals surface area contributed by atoms with Crippen molar-refractivity contribution in [3.8, 4) is 0 Å². The normalized spacial score (nSPS) is 31.1. The Labute approximate surface area is 148 Å². The lowest BCUT2D eigenvalue weighted by Crippen LogP contribution is -2.34. The summed E-state index contributed by atoms with van der Waals surface area (Å²) >= 11 is 0. The Morgan fingerprint density at radius 3 is 2.52 bits per heavy atom. The Morgan fingerprint density at radius 2 is 1.88 bits per heavy atom. The second-order valence-electron chi connectivity index (χ2n) is 7.42. The first-order valence-corrected chi connectivity index (χ1v) is 8.85. The van der Waals surface area contributed by atoms with Crippen LogP contribution < -0.4 is 0 Å². The Morgan fingerprint density at radius 1 is 1.16 bits per heavy atom. The van der Waals surface area contributed by atoms with E-state index >= 15 is 0 Å². The van der Waals surface area contributed by atoms with E-state index in [1.807, 2.05) is 12.0 Å². The van der Waals surface area contributed by atoms with Gasteiger partial charge in [-0.05, 0) is 53.4 Å². The molecule has 0 aromatic heterocycles. The first kappa shape index (κ1) is 17.4. The Kier molecular flexibility index (Phi) is 4.53. The van der Waals surface area contributed by atoms with E-state index in [1.54, 1.807) is 6.08 Å². The average Bonchev–Trinajstić information content (AvgIpc) is 2.59. The van der Waals surface area contributed by atoms with Gasteiger partial charge in [-0.1, -0.05) is 51.1 Å². The molecule has 3 rings (SSSR count). The molecule has 0 bridgehead atoms. The molecule has 3 heteroatoms. The minimum absolute atomic E-state index is 0.0650. The SMILES string of the molecule is Cc1cccc2c1C(C)C(C)C(C)C2C1C=CC=C(C(=O)O)C1=C=O. The highest BCUT2D eigenvalue weighted by atomic mass is 16.4. The number of aryl methyl sites for hydroxylation is 1. The second kappa shape index (κ2) is 6.50. The summed E-state index contributed by atoms with van der Waals surface area (Å²) in [5, 5.41) is 9.45. The fourth-order valence-corrected chi connectivity index (χ4v) is 4.71. The highest BCUT2D eigenvalue weighted by Crippen LogP contribution is 2.52. The van der Waals surface area contributed by atoms with Gasteiger partial charge in [-0.15, -0.1) is 0 Å². The minimum Gasteiger partial charge on any atom is -0.478 e. The number of carbonyl (C=O) groups excluding carboxylic acids is 1. The second-order valence-corrected chi connectivity index (χ2v) is 7.42. The highest BCUT2D eigenvalue weighted by molar-refractivity contribution is 5.96. The third-order valence-corrected chi connectivity index (χ3v) is 6.29. The summed E-state index contributed by atoms with van der Waals surface area (Å²) in [5.74, 6) is 1.91. The maximum Gasteiger partial charge on any atom is 0.336 e. The van der Waals surface area contributed by atoms with Crippen molar-refractivity contribution in [3.05, 3.63) is 64.3 Å². The molecule has 5 atom stereocenters. The fourth-order valence-electron chi connectivity index (χ4n) is 4.71. The first-order valence-electron chi connectivity index (χ1n) is 8.85. The minimum atomic E-state index is -1.07. The van der Waals surface area contributed by atoms with Crippen molar-refractivity contribution in [2.45, 2.75) is 39.5 Å². The van der Waals surface area contributed by atoms with Crippen molar-refractivity contribution < 1.29 is 14.7 Å². The molecule has 0 amide bonds. The summed E-state index contributed by atoms with van der Waals surface area (Å²) in [4.78, 5) is 23.2. The van der Waals surface area contributed by atoms with Crippen LogP contribution in [0.3, 0.4) is 0 Å². The molecule has 2 aliphatic rings. The first-order chi connectivity index (χ1) is 11.9. The molecule has 0 fully saturated rings. The highest BCUT2D eigenvalue weighted by Gasteiger charge is 2.42. The van der Waals surface area contributed by atoms with E-state index in [1.165, 1.54) is 22.8 Å². The van der Waals surface area contributed by atoms with Gasteiger partial charge < -0.3 is 5.11 Å². The van der Waals surface area contributed by atoms with Crippen LogP contribution >= 0.6 is 0 Å². The standard InChI is InChI=1S/C22H24O3/c1-12-7-5-10-18-20(12)14(3)13(2)15(4)21(18)16-8-6-9-17(22(24)25)19(16)11-23/h5-10,13-16,21H,1-4H3,(H,24,25). The number of aliphatic carboxylic acids is 1. The van der Waals surface area contributed by atoms with Crippen molar-refractivity contribution in [2.75, 3.05) is 0 Å². The van der Waals surface area contributed by atoms with Gasteiger partial charge in [-0.3, -0.25) is 0 Å². The maximum absolute atomic E-state index is 11.7. The Hall–Kier alpha value is -2.38. The van der Waals surface area contributed by atoms with Crippen molar-refractivity contribution >= 4 is 11.9 Å². The Balaban J connectivity index is 2.17. The van der Waals surface area contributed by atoms with Crippen molar-refractivity contribution in [2.24, 2.45) is 17.8 Å². The number of allylic oxidation sites excluding steroid dienone is 3. The van der Waals surface area contributed by atoms with Crippen LogP contribution in [0.4, 0.5) is 0 Å². The predicted molar refractivity (Wildman–Crippen MR) is 98.2 cm³/mol. The molecule has 3 nitrogen and oxygen atoms in total. The summed E-state index contributed by atoms with van der Waals surface area (Å²) in [6.45, 7) is 8.86. The quantitative estimate of drug-likeness (QED) is 0.813. The van der Waals surface area contributed by atoms with Gasteiger partial charge in [0.2, 0.25) is 0 Å². The van der Waals surface area contributed by atoms with Crippen LogP contribution in [-0.2, 0) is 9.59 Å². The number of rotatable bonds is 2. The largest absolute Gasteiger partial charge is 0.478 e. The van der Waals surface area contributed by atoms with E-state index in [0.29, 0.717) is 17.8 Å². The van der Waals surface area contributed by atoms with Crippen LogP contribution in [0.15, 0.2) is 47.6 Å². The van der Waals surface area contributed by atoms with E-state index in [4.69, 9.17) is 0 Å². The molecule has 25 heavy (non-hydrogen) atoms. The van der Waals surface area contributed by atoms with Gasteiger partial charge in [-0.2, -0.15) is 0 Å². The van der Waals surface area contributed by atoms with Crippen LogP contribution in [0.5, 0.6) is 0 Å². The van der Waals surface area contributed by atoms with Crippen molar-refractivity contribution in [3.63, 3.8) is 0 Å². The van der Waals surface area contributed by atoms with Gasteiger partial charge in [0.05, 0.1) is 11.1 Å². The zero-order chi connectivity index (χ0) is 18.3. The van der Waals surface area contributed by atoms with E-state index in [0.717, 1.165) is 0 Å². The van der Waals surface area contributed by atoms with E-state index in [2.05, 4.69) is 45.9 Å². The van der Waals surface area contributed by atoms with Gasteiger partial charge in [0.1, 0.15) is 5.94 Å². The lowest BCUT2D eigenvalue weighted by atomic mass is 9.59. The number of benzene rings is 1. The van der Waals surface area contributed by atoms with Gasteiger partial charge >= 0.3 is 5.97 Å². The average molecular weight is 336 g/mol. The van der Waals surface area contributed by atoms with Crippen LogP contribution in [0.25, 0.3) is 0 Å². The summed E-state index contributed by atoms with van der Waals surface area (Å²) in [7, 11) is 0. The van der Waals surface area contributed by atoms with Crippen molar-refractivity contribution in [1.29, 1.82) is 0 Å². The summed E-state index contributed by atoms with van der Waals surface area (Å²) < 4.78 is 0. The van der Waals surface area contributed by atoms with Crippen LogP contribution in [0, 0.1) is 24.7 Å². The molecule has 0 aliphatic heterocycles. The molecule has 2 aliphatic carbocycles. The van der Waals surface area contributed by atoms with Crippen LogP contribution in [-0.4, -0.2) is 17.0 Å². The van der Waals surface area contributed by atoms with Gasteiger partial charge in [0.25, 0.3) is 0 Å². The third-order valence-electron chi connectivity index (χ3n) is 6.29. The molecule has 5 unspecified atom stereocenters. The lowest BCUT2D eigenvalue weighted by molar-refractivity contribution is -0.132. The molecular weight excluding hydrogens is 312 g/mol. The summed E-state index contributed by atoms with van der Waals surface area (Å²) in [6, 6.07) is 6.33. The summed E-state index contributed by atoms with van der Waals surface area (Å²) in [6.07, 6.45) is 5.22. The molecule has 1 aromatic rings. The monoisotopic (exact) mass is 336 g/mol. The molecule has 130 valence electrons. The molecule has 0 radical (unpaired) electrons. The van der Waals surface area contributed by atoms with Gasteiger partial charge in [-0.25, -0.2) is 9.59 Å². The predicted octanol–water partition coefficient (Wildman–Crippen LogP) is 4.42. The lowest BCUT2D eigenvalue weighted by Gasteiger charge is -2.44. The number of carbonyl (C=O) groups is 1. The zero-order valence-electron chi connectivity index (χ0n) is 15.1. The number of hydrogen-bond acceptors (Lipinski definition) is 2. The van der Waals surface area contributed by atoms with Crippen LogP contribution in [0.2, 0.25) is 0 Å². The van der Waals surface area contributed by atoms with E-state index in [-0.39, 0.29) is 23.0 Å². The number of hydrogen-bond donors (Lipinski definition) is 1. The van der Waals surface area contributed by atoms with E-state index < -0.39 is 5.97 Å². The maximum atomic E-state index is 11.7. The molecule has 0 heterocycles. The molecule has 0 saturated carbocycles. The smallest absolute Gasteiger partial charge is 0.336 e. The third kappa shape index (κ3) is 2.69. The molecule has 0 spiro atoms. The van der Waals surface area contributed by atoms with Crippen molar-refractivity contribution in [1.82, 2.24) is 0 Å². The summed E-state index contributed by atoms with van der Waals surface area (Å²) in [5.41, 5.74) is 4.19. The topological polar surface area (TPSA) is 54.4 Å². The fraction of sp³-hybridized carbons (Fsp3) is 0.409. The van der Waals surface area contributed by atoms with Crippen LogP contribution in [0.1, 0.15) is 49.3 Å². The van der Waals surface area contributed by atoms with Gasteiger partial charge in [0.15, 0.2) is 0 Å².